The smallest absolute Gasteiger partial charge is 0.312 e. The highest BCUT2D eigenvalue weighted by molar-refractivity contribution is 7.54. The van der Waals surface area contributed by atoms with Crippen molar-refractivity contribution in [3.63, 3.8) is 0 Å². The SMILES string of the molecule is COP(=O)(CC1=NCCN(C)C(C)C1C)OC. The van der Waals surface area contributed by atoms with E-state index < -0.39 is 7.60 Å². The monoisotopic (exact) mass is 262 g/mol. The molecule has 6 heteroatoms. The Bertz CT molecular complexity index is 325. The van der Waals surface area contributed by atoms with Gasteiger partial charge in [0.2, 0.25) is 0 Å². The van der Waals surface area contributed by atoms with Gasteiger partial charge in [-0.05, 0) is 14.0 Å². The lowest BCUT2D eigenvalue weighted by Gasteiger charge is -2.28. The standard InChI is InChI=1S/C11H23N2O3P/c1-9-10(2)13(3)7-6-12-11(9)8-17(14,15-4)16-5/h9-10H,6-8H2,1-5H3. The van der Waals surface area contributed by atoms with Crippen LogP contribution in [0.4, 0.5) is 0 Å². The van der Waals surface area contributed by atoms with Gasteiger partial charge in [0.15, 0.2) is 0 Å². The Morgan fingerprint density at radius 3 is 2.53 bits per heavy atom. The molecule has 0 aromatic rings. The fraction of sp³-hybridized carbons (Fsp3) is 0.909. The third-order valence-corrected chi connectivity index (χ3v) is 5.45. The molecule has 1 rings (SSSR count). The Kier molecular flexibility index (Phi) is 5.32. The average Bonchev–Trinajstić information content (AvgIpc) is 2.44. The van der Waals surface area contributed by atoms with Gasteiger partial charge in [-0.15, -0.1) is 0 Å². The Labute approximate surface area is 104 Å². The molecule has 0 amide bonds. The number of rotatable bonds is 4. The molecule has 0 bridgehead atoms. The molecule has 100 valence electrons. The lowest BCUT2D eigenvalue weighted by Crippen LogP contribution is -2.37. The van der Waals surface area contributed by atoms with Crippen molar-refractivity contribution in [3.8, 4) is 0 Å². The quantitative estimate of drug-likeness (QED) is 0.726. The summed E-state index contributed by atoms with van der Waals surface area (Å²) in [6, 6.07) is 0.387. The molecule has 0 aromatic carbocycles. The molecule has 2 unspecified atom stereocenters. The molecule has 0 aliphatic carbocycles. The van der Waals surface area contributed by atoms with Gasteiger partial charge in [0.05, 0.1) is 12.7 Å². The first-order valence-electron chi connectivity index (χ1n) is 5.87. The Morgan fingerprint density at radius 1 is 1.41 bits per heavy atom. The minimum Gasteiger partial charge on any atom is -0.312 e. The van der Waals surface area contributed by atoms with E-state index >= 15 is 0 Å². The molecule has 2 atom stereocenters. The van der Waals surface area contributed by atoms with Crippen LogP contribution in [0.1, 0.15) is 13.8 Å². The van der Waals surface area contributed by atoms with E-state index in [0.717, 1.165) is 18.8 Å². The van der Waals surface area contributed by atoms with Crippen LogP contribution in [0.15, 0.2) is 4.99 Å². The summed E-state index contributed by atoms with van der Waals surface area (Å²) in [5.41, 5.74) is 0.939. The van der Waals surface area contributed by atoms with E-state index in [1.807, 2.05) is 0 Å². The summed E-state index contributed by atoms with van der Waals surface area (Å²) in [6.45, 7) is 5.95. The van der Waals surface area contributed by atoms with Gasteiger partial charge in [-0.2, -0.15) is 0 Å². The average molecular weight is 262 g/mol. The minimum atomic E-state index is -3.00. The first-order chi connectivity index (χ1) is 7.93. The molecule has 17 heavy (non-hydrogen) atoms. The summed E-state index contributed by atoms with van der Waals surface area (Å²) in [5, 5.41) is 0. The Balaban J connectivity index is 2.82. The molecule has 1 aliphatic rings. The maximum atomic E-state index is 12.1. The van der Waals surface area contributed by atoms with Crippen molar-refractivity contribution >= 4 is 13.3 Å². The molecule has 0 aromatic heterocycles. The largest absolute Gasteiger partial charge is 0.335 e. The zero-order valence-electron chi connectivity index (χ0n) is 11.3. The Hall–Kier alpha value is -0.220. The number of nitrogens with zero attached hydrogens (tertiary/aromatic N) is 2. The van der Waals surface area contributed by atoms with Gasteiger partial charge in [0, 0.05) is 38.4 Å². The lowest BCUT2D eigenvalue weighted by atomic mass is 9.98. The van der Waals surface area contributed by atoms with E-state index in [0.29, 0.717) is 12.2 Å². The molecule has 1 aliphatic heterocycles. The van der Waals surface area contributed by atoms with E-state index in [9.17, 15) is 4.57 Å². The van der Waals surface area contributed by atoms with Crippen LogP contribution in [0.2, 0.25) is 0 Å². The maximum Gasteiger partial charge on any atom is 0.335 e. The third kappa shape index (κ3) is 3.62. The molecule has 0 spiro atoms. The van der Waals surface area contributed by atoms with Gasteiger partial charge in [-0.3, -0.25) is 9.56 Å². The van der Waals surface area contributed by atoms with Gasteiger partial charge >= 0.3 is 7.60 Å². The highest BCUT2D eigenvalue weighted by atomic mass is 31.2. The fourth-order valence-corrected chi connectivity index (χ4v) is 3.15. The zero-order chi connectivity index (χ0) is 13.1. The summed E-state index contributed by atoms with van der Waals surface area (Å²) in [6.07, 6.45) is 0.291. The van der Waals surface area contributed by atoms with E-state index in [4.69, 9.17) is 9.05 Å². The van der Waals surface area contributed by atoms with Crippen molar-refractivity contribution in [3.05, 3.63) is 0 Å². The summed E-state index contributed by atoms with van der Waals surface area (Å²) in [7, 11) is 1.92. The summed E-state index contributed by atoms with van der Waals surface area (Å²) in [4.78, 5) is 6.80. The van der Waals surface area contributed by atoms with E-state index in [2.05, 4.69) is 30.8 Å². The first kappa shape index (κ1) is 14.8. The lowest BCUT2D eigenvalue weighted by molar-refractivity contribution is 0.241. The van der Waals surface area contributed by atoms with Crippen LogP contribution in [0.3, 0.4) is 0 Å². The van der Waals surface area contributed by atoms with Gasteiger partial charge in [-0.25, -0.2) is 0 Å². The Morgan fingerprint density at radius 2 is 2.00 bits per heavy atom. The second-order valence-corrected chi connectivity index (χ2v) is 6.79. The van der Waals surface area contributed by atoms with Gasteiger partial charge in [-0.1, -0.05) is 6.92 Å². The van der Waals surface area contributed by atoms with E-state index in [1.54, 1.807) is 0 Å². The number of likely N-dealkylation sites (N-methyl/N-ethyl adjacent to an activating group) is 1. The van der Waals surface area contributed by atoms with Gasteiger partial charge in [0.1, 0.15) is 0 Å². The van der Waals surface area contributed by atoms with Crippen LogP contribution in [0, 0.1) is 5.92 Å². The van der Waals surface area contributed by atoms with Crippen LogP contribution in [0.25, 0.3) is 0 Å². The van der Waals surface area contributed by atoms with E-state index in [1.165, 1.54) is 14.2 Å². The van der Waals surface area contributed by atoms with Crippen molar-refractivity contribution in [2.24, 2.45) is 10.9 Å². The molecule has 5 nitrogen and oxygen atoms in total. The molecule has 1 heterocycles. The fourth-order valence-electron chi connectivity index (χ4n) is 1.96. The molecule has 0 saturated heterocycles. The molecular weight excluding hydrogens is 239 g/mol. The predicted octanol–water partition coefficient (Wildman–Crippen LogP) is 1.88. The second-order valence-electron chi connectivity index (χ2n) is 4.52. The first-order valence-corrected chi connectivity index (χ1v) is 7.60. The highest BCUT2D eigenvalue weighted by Crippen LogP contribution is 2.47. The second kappa shape index (κ2) is 6.10. The topological polar surface area (TPSA) is 51.1 Å². The normalized spacial score (nSPS) is 27.7. The van der Waals surface area contributed by atoms with Crippen molar-refractivity contribution in [1.29, 1.82) is 0 Å². The molecule has 0 fully saturated rings. The summed E-state index contributed by atoms with van der Waals surface area (Å²) >= 11 is 0. The van der Waals surface area contributed by atoms with Crippen molar-refractivity contribution in [1.82, 2.24) is 4.90 Å². The number of aliphatic imine (C=N–C) groups is 1. The third-order valence-electron chi connectivity index (χ3n) is 3.62. The van der Waals surface area contributed by atoms with Gasteiger partial charge < -0.3 is 13.9 Å². The molecule has 0 saturated carbocycles. The molecular formula is C11H23N2O3P. The minimum absolute atomic E-state index is 0.265. The summed E-state index contributed by atoms with van der Waals surface area (Å²) in [5.74, 6) is 0.265. The molecule has 0 radical (unpaired) electrons. The predicted molar refractivity (Wildman–Crippen MR) is 70.0 cm³/mol. The van der Waals surface area contributed by atoms with Crippen LogP contribution >= 0.6 is 7.60 Å². The number of hydrogen-bond acceptors (Lipinski definition) is 5. The van der Waals surface area contributed by atoms with Gasteiger partial charge in [0.25, 0.3) is 0 Å². The van der Waals surface area contributed by atoms with Crippen LogP contribution in [0.5, 0.6) is 0 Å². The number of hydrogen-bond donors (Lipinski definition) is 0. The zero-order valence-corrected chi connectivity index (χ0v) is 12.2. The van der Waals surface area contributed by atoms with E-state index in [-0.39, 0.29) is 5.92 Å². The van der Waals surface area contributed by atoms with Crippen LogP contribution in [-0.4, -0.2) is 57.2 Å². The maximum absolute atomic E-state index is 12.1. The van der Waals surface area contributed by atoms with Crippen molar-refractivity contribution in [2.75, 3.05) is 40.5 Å². The van der Waals surface area contributed by atoms with Crippen LogP contribution < -0.4 is 0 Å². The molecule has 0 N–H and O–H groups in total. The van der Waals surface area contributed by atoms with Crippen molar-refractivity contribution in [2.45, 2.75) is 19.9 Å². The van der Waals surface area contributed by atoms with Crippen LogP contribution in [-0.2, 0) is 13.6 Å². The highest BCUT2D eigenvalue weighted by Gasteiger charge is 2.31. The van der Waals surface area contributed by atoms with Crippen molar-refractivity contribution < 1.29 is 13.6 Å². The summed E-state index contributed by atoms with van der Waals surface area (Å²) < 4.78 is 22.1.